The summed E-state index contributed by atoms with van der Waals surface area (Å²) in [6, 6.07) is 7.31. The molecule has 0 aliphatic carbocycles. The lowest BCUT2D eigenvalue weighted by molar-refractivity contribution is 0.628. The smallest absolute Gasteiger partial charge is 0.251 e. The van der Waals surface area contributed by atoms with E-state index in [1.54, 1.807) is 36.3 Å². The van der Waals surface area contributed by atoms with E-state index in [2.05, 4.69) is 15.1 Å². The van der Waals surface area contributed by atoms with E-state index in [9.17, 15) is 9.18 Å². The maximum absolute atomic E-state index is 13.2. The molecule has 100 valence electrons. The molecule has 1 aromatic carbocycles. The van der Waals surface area contributed by atoms with Gasteiger partial charge in [-0.05, 0) is 12.1 Å². The molecule has 2 aromatic heterocycles. The summed E-state index contributed by atoms with van der Waals surface area (Å²) in [7, 11) is 1.78. The zero-order chi connectivity index (χ0) is 14.1. The highest BCUT2D eigenvalue weighted by Gasteiger charge is 2.08. The maximum atomic E-state index is 13.2. The Balaban J connectivity index is 2.14. The molecule has 3 aromatic rings. The number of halogens is 1. The predicted octanol–water partition coefficient (Wildman–Crippen LogP) is 1.98. The number of rotatable bonds is 2. The minimum atomic E-state index is -0.378. The van der Waals surface area contributed by atoms with Crippen LogP contribution in [0.5, 0.6) is 0 Å². The van der Waals surface area contributed by atoms with E-state index in [4.69, 9.17) is 0 Å². The van der Waals surface area contributed by atoms with Gasteiger partial charge in [0.2, 0.25) is 0 Å². The van der Waals surface area contributed by atoms with E-state index in [0.717, 1.165) is 5.56 Å². The summed E-state index contributed by atoms with van der Waals surface area (Å²) >= 11 is 0. The monoisotopic (exact) mass is 270 g/mol. The molecule has 0 amide bonds. The average molecular weight is 270 g/mol. The van der Waals surface area contributed by atoms with Gasteiger partial charge in [0, 0.05) is 30.4 Å². The number of aromatic amines is 1. The van der Waals surface area contributed by atoms with Gasteiger partial charge in [0.15, 0.2) is 0 Å². The van der Waals surface area contributed by atoms with Gasteiger partial charge in [0.05, 0.1) is 11.9 Å². The molecular weight excluding hydrogens is 259 g/mol. The van der Waals surface area contributed by atoms with Crippen LogP contribution in [0.25, 0.3) is 22.6 Å². The third kappa shape index (κ3) is 2.35. The number of hydrogen-bond acceptors (Lipinski definition) is 3. The quantitative estimate of drug-likeness (QED) is 0.774. The summed E-state index contributed by atoms with van der Waals surface area (Å²) in [6.45, 7) is 0. The Labute approximate surface area is 113 Å². The third-order valence-corrected chi connectivity index (χ3v) is 2.84. The highest BCUT2D eigenvalue weighted by atomic mass is 19.1. The summed E-state index contributed by atoms with van der Waals surface area (Å²) in [4.78, 5) is 18.7. The van der Waals surface area contributed by atoms with Crippen molar-refractivity contribution >= 4 is 0 Å². The van der Waals surface area contributed by atoms with Crippen LogP contribution in [0.4, 0.5) is 4.39 Å². The molecule has 0 saturated carbocycles. The zero-order valence-corrected chi connectivity index (χ0v) is 10.7. The average Bonchev–Trinajstić information content (AvgIpc) is 2.85. The summed E-state index contributed by atoms with van der Waals surface area (Å²) in [6.07, 6.45) is 3.38. The van der Waals surface area contributed by atoms with Crippen molar-refractivity contribution in [2.24, 2.45) is 7.05 Å². The highest BCUT2D eigenvalue weighted by Crippen LogP contribution is 2.19. The van der Waals surface area contributed by atoms with E-state index in [0.29, 0.717) is 17.1 Å². The van der Waals surface area contributed by atoms with Crippen molar-refractivity contribution in [3.05, 3.63) is 58.9 Å². The van der Waals surface area contributed by atoms with Crippen molar-refractivity contribution in [3.63, 3.8) is 0 Å². The topological polar surface area (TPSA) is 63.6 Å². The van der Waals surface area contributed by atoms with E-state index in [-0.39, 0.29) is 11.4 Å². The standard InChI is InChI=1S/C14H11FN4O/c1-19-8-10(7-16-19)12-6-13(20)18-14(17-12)9-3-2-4-11(15)5-9/h2-8H,1H3,(H,17,18,20). The van der Waals surface area contributed by atoms with Gasteiger partial charge in [-0.1, -0.05) is 12.1 Å². The number of hydrogen-bond donors (Lipinski definition) is 1. The van der Waals surface area contributed by atoms with Gasteiger partial charge in [-0.2, -0.15) is 5.10 Å². The fourth-order valence-electron chi connectivity index (χ4n) is 1.93. The summed E-state index contributed by atoms with van der Waals surface area (Å²) in [5, 5.41) is 4.04. The molecule has 0 radical (unpaired) electrons. The van der Waals surface area contributed by atoms with Crippen LogP contribution in [0.3, 0.4) is 0 Å². The first kappa shape index (κ1) is 12.3. The molecule has 6 heteroatoms. The van der Waals surface area contributed by atoms with Gasteiger partial charge in [0.1, 0.15) is 11.6 Å². The van der Waals surface area contributed by atoms with Crippen LogP contribution in [0, 0.1) is 5.82 Å². The SMILES string of the molecule is Cn1cc(-c2cc(=O)[nH]c(-c3cccc(F)c3)n2)cn1. The molecule has 1 N–H and O–H groups in total. The zero-order valence-electron chi connectivity index (χ0n) is 10.7. The molecule has 20 heavy (non-hydrogen) atoms. The van der Waals surface area contributed by atoms with Gasteiger partial charge in [-0.3, -0.25) is 9.48 Å². The number of nitrogens with one attached hydrogen (secondary N) is 1. The summed E-state index contributed by atoms with van der Waals surface area (Å²) < 4.78 is 14.9. The molecule has 5 nitrogen and oxygen atoms in total. The second-order valence-corrected chi connectivity index (χ2v) is 4.39. The highest BCUT2D eigenvalue weighted by molar-refractivity contribution is 5.62. The Morgan fingerprint density at radius 3 is 2.80 bits per heavy atom. The molecule has 0 fully saturated rings. The Kier molecular flexibility index (Phi) is 2.90. The van der Waals surface area contributed by atoms with E-state index < -0.39 is 0 Å². The van der Waals surface area contributed by atoms with Gasteiger partial charge >= 0.3 is 0 Å². The number of nitrogens with zero attached hydrogens (tertiary/aromatic N) is 3. The third-order valence-electron chi connectivity index (χ3n) is 2.84. The van der Waals surface area contributed by atoms with Gasteiger partial charge in [-0.15, -0.1) is 0 Å². The molecule has 0 saturated heterocycles. The van der Waals surface area contributed by atoms with Crippen LogP contribution in [-0.2, 0) is 7.05 Å². The van der Waals surface area contributed by atoms with Crippen molar-refractivity contribution in [3.8, 4) is 22.6 Å². The Morgan fingerprint density at radius 1 is 1.25 bits per heavy atom. The maximum Gasteiger partial charge on any atom is 0.251 e. The van der Waals surface area contributed by atoms with Crippen LogP contribution < -0.4 is 5.56 Å². The number of aromatic nitrogens is 4. The Bertz CT molecular complexity index is 822. The minimum Gasteiger partial charge on any atom is -0.306 e. The fourth-order valence-corrected chi connectivity index (χ4v) is 1.93. The molecule has 0 aliphatic heterocycles. The van der Waals surface area contributed by atoms with Crippen LogP contribution in [0.2, 0.25) is 0 Å². The van der Waals surface area contributed by atoms with E-state index in [1.807, 2.05) is 0 Å². The summed E-state index contributed by atoms with van der Waals surface area (Å²) in [5.41, 5.74) is 1.46. The van der Waals surface area contributed by atoms with Crippen LogP contribution in [0.1, 0.15) is 0 Å². The lowest BCUT2D eigenvalue weighted by Crippen LogP contribution is -2.08. The first-order valence-electron chi connectivity index (χ1n) is 5.98. The van der Waals surface area contributed by atoms with Gasteiger partial charge in [-0.25, -0.2) is 9.37 Å². The van der Waals surface area contributed by atoms with E-state index in [1.165, 1.54) is 18.2 Å². The molecule has 0 atom stereocenters. The largest absolute Gasteiger partial charge is 0.306 e. The first-order chi connectivity index (χ1) is 9.61. The number of aryl methyl sites for hydroxylation is 1. The fraction of sp³-hybridized carbons (Fsp3) is 0.0714. The molecule has 2 heterocycles. The predicted molar refractivity (Wildman–Crippen MR) is 72.5 cm³/mol. The normalized spacial score (nSPS) is 10.7. The molecule has 0 spiro atoms. The Morgan fingerprint density at radius 2 is 2.10 bits per heavy atom. The van der Waals surface area contributed by atoms with Gasteiger partial charge < -0.3 is 4.98 Å². The number of benzene rings is 1. The first-order valence-corrected chi connectivity index (χ1v) is 5.98. The summed E-state index contributed by atoms with van der Waals surface area (Å²) in [5.74, 6) is -0.0483. The van der Waals surface area contributed by atoms with Crippen molar-refractivity contribution in [2.75, 3.05) is 0 Å². The minimum absolute atomic E-state index is 0.293. The lowest BCUT2D eigenvalue weighted by atomic mass is 10.2. The second-order valence-electron chi connectivity index (χ2n) is 4.39. The Hall–Kier alpha value is -2.76. The molecule has 0 bridgehead atoms. The second kappa shape index (κ2) is 4.73. The molecule has 0 aliphatic rings. The van der Waals surface area contributed by atoms with Crippen molar-refractivity contribution in [2.45, 2.75) is 0 Å². The van der Waals surface area contributed by atoms with Crippen molar-refractivity contribution < 1.29 is 4.39 Å². The number of H-pyrrole nitrogens is 1. The van der Waals surface area contributed by atoms with Crippen LogP contribution in [-0.4, -0.2) is 19.7 Å². The molecular formula is C14H11FN4O. The van der Waals surface area contributed by atoms with Crippen molar-refractivity contribution in [1.29, 1.82) is 0 Å². The van der Waals surface area contributed by atoms with Crippen LogP contribution >= 0.6 is 0 Å². The van der Waals surface area contributed by atoms with Crippen molar-refractivity contribution in [1.82, 2.24) is 19.7 Å². The van der Waals surface area contributed by atoms with E-state index >= 15 is 0 Å². The molecule has 3 rings (SSSR count). The van der Waals surface area contributed by atoms with Gasteiger partial charge in [0.25, 0.3) is 5.56 Å². The van der Waals surface area contributed by atoms with Crippen LogP contribution in [0.15, 0.2) is 47.5 Å². The lowest BCUT2D eigenvalue weighted by Gasteiger charge is -2.03. The molecule has 0 unspecified atom stereocenters.